The third kappa shape index (κ3) is 4.04. The van der Waals surface area contributed by atoms with Crippen LogP contribution in [0.3, 0.4) is 0 Å². The predicted molar refractivity (Wildman–Crippen MR) is 73.1 cm³/mol. The van der Waals surface area contributed by atoms with E-state index in [1.165, 1.54) is 0 Å². The van der Waals surface area contributed by atoms with Gasteiger partial charge in [-0.25, -0.2) is 0 Å². The molecule has 0 radical (unpaired) electrons. The topological polar surface area (TPSA) is 70.4 Å². The molecule has 0 saturated carbocycles. The number of rotatable bonds is 4. The zero-order valence-electron chi connectivity index (χ0n) is 11.8. The Labute approximate surface area is 113 Å². The molecule has 1 aliphatic heterocycles. The van der Waals surface area contributed by atoms with Crippen molar-refractivity contribution in [2.75, 3.05) is 31.5 Å². The largest absolute Gasteiger partial charge is 0.338 e. The quantitative estimate of drug-likeness (QED) is 0.852. The minimum Gasteiger partial charge on any atom is -0.338 e. The van der Waals surface area contributed by atoms with E-state index >= 15 is 0 Å². The molecule has 1 atom stereocenters. The van der Waals surface area contributed by atoms with Crippen LogP contribution >= 0.6 is 0 Å². The van der Waals surface area contributed by atoms with Crippen molar-refractivity contribution in [1.29, 1.82) is 0 Å². The van der Waals surface area contributed by atoms with E-state index in [-0.39, 0.29) is 5.91 Å². The average Bonchev–Trinajstić information content (AvgIpc) is 2.77. The van der Waals surface area contributed by atoms with Gasteiger partial charge in [-0.15, -0.1) is 0 Å². The van der Waals surface area contributed by atoms with Crippen LogP contribution in [0.1, 0.15) is 32.4 Å². The number of piperazine rings is 1. The van der Waals surface area contributed by atoms with Gasteiger partial charge in [-0.1, -0.05) is 19.0 Å². The van der Waals surface area contributed by atoms with Gasteiger partial charge in [0.1, 0.15) is 0 Å². The molecule has 1 aromatic rings. The Kier molecular flexibility index (Phi) is 4.55. The van der Waals surface area contributed by atoms with E-state index in [9.17, 15) is 4.79 Å². The molecular weight excluding hydrogens is 244 g/mol. The lowest BCUT2D eigenvalue weighted by molar-refractivity contribution is -0.117. The highest BCUT2D eigenvalue weighted by atomic mass is 16.5. The first kappa shape index (κ1) is 14.0. The molecule has 1 saturated heterocycles. The van der Waals surface area contributed by atoms with E-state index in [4.69, 9.17) is 4.52 Å². The summed E-state index contributed by atoms with van der Waals surface area (Å²) < 4.78 is 5.09. The van der Waals surface area contributed by atoms with E-state index in [0.717, 1.165) is 25.3 Å². The summed E-state index contributed by atoms with van der Waals surface area (Å²) in [5, 5.41) is 10.0. The van der Waals surface area contributed by atoms with Gasteiger partial charge in [0.15, 0.2) is 0 Å². The molecular formula is C13H22N4O2. The highest BCUT2D eigenvalue weighted by Gasteiger charge is 2.18. The molecule has 0 spiro atoms. The van der Waals surface area contributed by atoms with Crippen molar-refractivity contribution in [2.24, 2.45) is 0 Å². The Bertz CT molecular complexity index is 430. The van der Waals surface area contributed by atoms with Gasteiger partial charge in [0.05, 0.1) is 12.2 Å². The molecule has 0 aromatic carbocycles. The maximum absolute atomic E-state index is 11.9. The van der Waals surface area contributed by atoms with Crippen molar-refractivity contribution >= 4 is 11.8 Å². The zero-order valence-corrected chi connectivity index (χ0v) is 11.8. The normalized spacial score (nSPS) is 20.7. The van der Waals surface area contributed by atoms with Crippen LogP contribution in [0.25, 0.3) is 0 Å². The molecule has 106 valence electrons. The van der Waals surface area contributed by atoms with Crippen molar-refractivity contribution in [1.82, 2.24) is 15.4 Å². The number of anilines is 1. The summed E-state index contributed by atoms with van der Waals surface area (Å²) in [6.07, 6.45) is 0. The summed E-state index contributed by atoms with van der Waals surface area (Å²) in [6.45, 7) is 9.29. The Balaban J connectivity index is 1.83. The molecule has 1 aromatic heterocycles. The van der Waals surface area contributed by atoms with Crippen molar-refractivity contribution < 1.29 is 9.32 Å². The molecule has 1 amide bonds. The third-order valence-electron chi connectivity index (χ3n) is 3.20. The van der Waals surface area contributed by atoms with Crippen molar-refractivity contribution in [2.45, 2.75) is 32.7 Å². The van der Waals surface area contributed by atoms with Crippen LogP contribution < -0.4 is 10.6 Å². The van der Waals surface area contributed by atoms with Crippen molar-refractivity contribution in [3.05, 3.63) is 11.8 Å². The van der Waals surface area contributed by atoms with E-state index in [2.05, 4.69) is 27.6 Å². The SMILES string of the molecule is CC1CN(CC(=O)Nc2cc(C(C)C)no2)CCN1. The minimum atomic E-state index is -0.0550. The molecule has 6 heteroatoms. The number of carbonyl (C=O) groups is 1. The summed E-state index contributed by atoms with van der Waals surface area (Å²) in [4.78, 5) is 14.0. The van der Waals surface area contributed by atoms with Crippen LogP contribution in [0, 0.1) is 0 Å². The molecule has 0 aliphatic carbocycles. The van der Waals surface area contributed by atoms with Crippen LogP contribution in [0.5, 0.6) is 0 Å². The number of nitrogens with zero attached hydrogens (tertiary/aromatic N) is 2. The van der Waals surface area contributed by atoms with Gasteiger partial charge < -0.3 is 9.84 Å². The number of aromatic nitrogens is 1. The third-order valence-corrected chi connectivity index (χ3v) is 3.20. The lowest BCUT2D eigenvalue weighted by atomic mass is 10.1. The minimum absolute atomic E-state index is 0.0550. The summed E-state index contributed by atoms with van der Waals surface area (Å²) in [5.74, 6) is 0.667. The maximum atomic E-state index is 11.9. The van der Waals surface area contributed by atoms with Gasteiger partial charge in [0.2, 0.25) is 11.8 Å². The fourth-order valence-corrected chi connectivity index (χ4v) is 2.16. The van der Waals surface area contributed by atoms with Gasteiger partial charge in [-0.3, -0.25) is 15.0 Å². The highest BCUT2D eigenvalue weighted by molar-refractivity contribution is 5.90. The van der Waals surface area contributed by atoms with Gasteiger partial charge in [0.25, 0.3) is 0 Å². The van der Waals surface area contributed by atoms with Gasteiger partial charge in [-0.2, -0.15) is 0 Å². The Morgan fingerprint density at radius 3 is 3.11 bits per heavy atom. The molecule has 6 nitrogen and oxygen atoms in total. The van der Waals surface area contributed by atoms with E-state index < -0.39 is 0 Å². The molecule has 1 aliphatic rings. The van der Waals surface area contributed by atoms with Crippen LogP contribution in [0.15, 0.2) is 10.6 Å². The second-order valence-electron chi connectivity index (χ2n) is 5.41. The Morgan fingerprint density at radius 1 is 1.68 bits per heavy atom. The zero-order chi connectivity index (χ0) is 13.8. The van der Waals surface area contributed by atoms with Gasteiger partial charge in [0, 0.05) is 31.7 Å². The second kappa shape index (κ2) is 6.16. The summed E-state index contributed by atoms with van der Waals surface area (Å²) in [7, 11) is 0. The lowest BCUT2D eigenvalue weighted by Gasteiger charge is -2.30. The highest BCUT2D eigenvalue weighted by Crippen LogP contribution is 2.17. The summed E-state index contributed by atoms with van der Waals surface area (Å²) >= 11 is 0. The van der Waals surface area contributed by atoms with E-state index in [1.54, 1.807) is 6.07 Å². The molecule has 2 N–H and O–H groups in total. The van der Waals surface area contributed by atoms with Crippen LogP contribution in [0.4, 0.5) is 5.88 Å². The van der Waals surface area contributed by atoms with Crippen molar-refractivity contribution in [3.63, 3.8) is 0 Å². The standard InChI is InChI=1S/C13H22N4O2/c1-9(2)11-6-13(19-16-11)15-12(18)8-17-5-4-14-10(3)7-17/h6,9-10,14H,4-5,7-8H2,1-3H3,(H,15,18). The first-order chi connectivity index (χ1) is 9.04. The molecule has 2 heterocycles. The number of hydrogen-bond donors (Lipinski definition) is 2. The number of hydrogen-bond acceptors (Lipinski definition) is 5. The maximum Gasteiger partial charge on any atom is 0.240 e. The predicted octanol–water partition coefficient (Wildman–Crippen LogP) is 1.03. The second-order valence-corrected chi connectivity index (χ2v) is 5.41. The van der Waals surface area contributed by atoms with Crippen LogP contribution in [0.2, 0.25) is 0 Å². The molecule has 19 heavy (non-hydrogen) atoms. The molecule has 0 bridgehead atoms. The number of amides is 1. The molecule has 2 rings (SSSR count). The van der Waals surface area contributed by atoms with E-state index in [1.807, 2.05) is 13.8 Å². The monoisotopic (exact) mass is 266 g/mol. The Hall–Kier alpha value is -1.40. The fraction of sp³-hybridized carbons (Fsp3) is 0.692. The molecule has 1 unspecified atom stereocenters. The van der Waals surface area contributed by atoms with Crippen molar-refractivity contribution in [3.8, 4) is 0 Å². The van der Waals surface area contributed by atoms with Crippen LogP contribution in [-0.2, 0) is 4.79 Å². The van der Waals surface area contributed by atoms with Crippen LogP contribution in [-0.4, -0.2) is 48.2 Å². The average molecular weight is 266 g/mol. The first-order valence-corrected chi connectivity index (χ1v) is 6.77. The van der Waals surface area contributed by atoms with Gasteiger partial charge >= 0.3 is 0 Å². The number of nitrogens with one attached hydrogen (secondary N) is 2. The summed E-state index contributed by atoms with van der Waals surface area (Å²) in [5.41, 5.74) is 0.853. The first-order valence-electron chi connectivity index (χ1n) is 6.77. The smallest absolute Gasteiger partial charge is 0.240 e. The lowest BCUT2D eigenvalue weighted by Crippen LogP contribution is -2.51. The van der Waals surface area contributed by atoms with Gasteiger partial charge in [-0.05, 0) is 12.8 Å². The summed E-state index contributed by atoms with van der Waals surface area (Å²) in [6, 6.07) is 2.21. The fourth-order valence-electron chi connectivity index (χ4n) is 2.16. The van der Waals surface area contributed by atoms with E-state index in [0.29, 0.717) is 24.4 Å². The number of carbonyl (C=O) groups excluding carboxylic acids is 1. The Morgan fingerprint density at radius 2 is 2.47 bits per heavy atom. The molecule has 1 fully saturated rings.